The first-order chi connectivity index (χ1) is 9.11. The highest BCUT2D eigenvalue weighted by molar-refractivity contribution is 5.98. The van der Waals surface area contributed by atoms with Crippen molar-refractivity contribution in [2.24, 2.45) is 4.99 Å². The molecule has 19 heavy (non-hydrogen) atoms. The van der Waals surface area contributed by atoms with Gasteiger partial charge in [0.05, 0.1) is 13.0 Å². The summed E-state index contributed by atoms with van der Waals surface area (Å²) in [5.74, 6) is -0.333. The summed E-state index contributed by atoms with van der Waals surface area (Å²) in [7, 11) is 0. The molecule has 0 aliphatic carbocycles. The second kappa shape index (κ2) is 8.02. The number of carbonyl (C=O) groups excluding carboxylic acids is 2. The van der Waals surface area contributed by atoms with Crippen LogP contribution in [0.4, 0.5) is 0 Å². The van der Waals surface area contributed by atoms with E-state index in [0.717, 1.165) is 0 Å². The highest BCUT2D eigenvalue weighted by Crippen LogP contribution is 2.08. The lowest BCUT2D eigenvalue weighted by Gasteiger charge is -2.03. The van der Waals surface area contributed by atoms with Gasteiger partial charge in [-0.2, -0.15) is 0 Å². The minimum Gasteiger partial charge on any atom is -0.466 e. The molecule has 0 aliphatic heterocycles. The van der Waals surface area contributed by atoms with Gasteiger partial charge in [0, 0.05) is 5.71 Å². The van der Waals surface area contributed by atoms with E-state index in [9.17, 15) is 9.59 Å². The van der Waals surface area contributed by atoms with Crippen molar-refractivity contribution >= 4 is 17.7 Å². The van der Waals surface area contributed by atoms with Gasteiger partial charge in [0.15, 0.2) is 0 Å². The third-order valence-corrected chi connectivity index (χ3v) is 2.16. The molecular formula is C14H17NO4. The third-order valence-electron chi connectivity index (χ3n) is 2.16. The van der Waals surface area contributed by atoms with Crippen molar-refractivity contribution < 1.29 is 19.1 Å². The van der Waals surface area contributed by atoms with E-state index < -0.39 is 5.97 Å². The molecule has 5 nitrogen and oxygen atoms in total. The maximum atomic E-state index is 11.5. The summed E-state index contributed by atoms with van der Waals surface area (Å²) in [5, 5.41) is 0. The van der Waals surface area contributed by atoms with Crippen LogP contribution in [0.2, 0.25) is 0 Å². The average Bonchev–Trinajstić information content (AvgIpc) is 2.38. The third kappa shape index (κ3) is 6.35. The van der Waals surface area contributed by atoms with Crippen LogP contribution >= 0.6 is 0 Å². The predicted molar refractivity (Wildman–Crippen MR) is 71.3 cm³/mol. The lowest BCUT2D eigenvalue weighted by atomic mass is 10.3. The van der Waals surface area contributed by atoms with E-state index >= 15 is 0 Å². The Bertz CT molecular complexity index is 454. The molecule has 0 saturated carbocycles. The maximum Gasteiger partial charge on any atom is 0.333 e. The smallest absolute Gasteiger partial charge is 0.333 e. The predicted octanol–water partition coefficient (Wildman–Crippen LogP) is 2.01. The summed E-state index contributed by atoms with van der Waals surface area (Å²) in [6.07, 6.45) is 0.0897. The van der Waals surface area contributed by atoms with Gasteiger partial charge in [-0.1, -0.05) is 18.2 Å². The van der Waals surface area contributed by atoms with E-state index in [0.29, 0.717) is 18.1 Å². The Kier molecular flexibility index (Phi) is 6.29. The molecule has 1 aromatic rings. The monoisotopic (exact) mass is 263 g/mol. The zero-order valence-corrected chi connectivity index (χ0v) is 11.1. The average molecular weight is 263 g/mol. The summed E-state index contributed by atoms with van der Waals surface area (Å²) in [5.41, 5.74) is 0.545. The Morgan fingerprint density at radius 3 is 2.47 bits per heavy atom. The second-order valence-electron chi connectivity index (χ2n) is 3.82. The number of nitrogens with zero attached hydrogens (tertiary/aromatic N) is 1. The number of hydrogen-bond acceptors (Lipinski definition) is 5. The maximum absolute atomic E-state index is 11.5. The van der Waals surface area contributed by atoms with Crippen molar-refractivity contribution in [1.29, 1.82) is 0 Å². The van der Waals surface area contributed by atoms with E-state index in [-0.39, 0.29) is 18.9 Å². The van der Waals surface area contributed by atoms with E-state index in [4.69, 9.17) is 9.47 Å². The van der Waals surface area contributed by atoms with Crippen molar-refractivity contribution in [1.82, 2.24) is 0 Å². The Morgan fingerprint density at radius 1 is 1.16 bits per heavy atom. The molecule has 0 aliphatic rings. The van der Waals surface area contributed by atoms with Gasteiger partial charge in [-0.15, -0.1) is 0 Å². The normalized spacial score (nSPS) is 10.9. The van der Waals surface area contributed by atoms with Crippen LogP contribution in [0.5, 0.6) is 5.75 Å². The first-order valence-electron chi connectivity index (χ1n) is 6.03. The molecule has 5 heteroatoms. The van der Waals surface area contributed by atoms with Crippen LogP contribution in [0.25, 0.3) is 0 Å². The summed E-state index contributed by atoms with van der Waals surface area (Å²) in [6, 6.07) is 8.76. The summed E-state index contributed by atoms with van der Waals surface area (Å²) >= 11 is 0. The van der Waals surface area contributed by atoms with E-state index in [1.807, 2.05) is 6.07 Å². The van der Waals surface area contributed by atoms with Gasteiger partial charge in [0.1, 0.15) is 12.3 Å². The lowest BCUT2D eigenvalue weighted by molar-refractivity contribution is -0.141. The van der Waals surface area contributed by atoms with Gasteiger partial charge in [0.2, 0.25) is 0 Å². The molecule has 102 valence electrons. The molecule has 0 fully saturated rings. The zero-order chi connectivity index (χ0) is 14.1. The van der Waals surface area contributed by atoms with Gasteiger partial charge in [-0.05, 0) is 26.0 Å². The first-order valence-corrected chi connectivity index (χ1v) is 6.03. The second-order valence-corrected chi connectivity index (χ2v) is 3.82. The quantitative estimate of drug-likeness (QED) is 0.447. The first kappa shape index (κ1) is 14.9. The van der Waals surface area contributed by atoms with Crippen LogP contribution in [0, 0.1) is 0 Å². The lowest BCUT2D eigenvalue weighted by Crippen LogP contribution is -2.14. The molecule has 0 unspecified atom stereocenters. The van der Waals surface area contributed by atoms with Crippen LogP contribution < -0.4 is 4.74 Å². The van der Waals surface area contributed by atoms with Crippen molar-refractivity contribution in [2.45, 2.75) is 20.3 Å². The summed E-state index contributed by atoms with van der Waals surface area (Å²) in [4.78, 5) is 26.6. The van der Waals surface area contributed by atoms with Crippen LogP contribution in [0.15, 0.2) is 35.3 Å². The molecule has 0 aromatic heterocycles. The summed E-state index contributed by atoms with van der Waals surface area (Å²) in [6.45, 7) is 3.64. The molecule has 0 saturated heterocycles. The van der Waals surface area contributed by atoms with Crippen LogP contribution in [-0.4, -0.2) is 30.8 Å². The largest absolute Gasteiger partial charge is 0.466 e. The number of aliphatic imine (C=N–C) groups is 1. The Labute approximate surface area is 112 Å². The number of esters is 2. The molecular weight excluding hydrogens is 246 g/mol. The molecule has 0 bridgehead atoms. The van der Waals surface area contributed by atoms with E-state index in [1.54, 1.807) is 38.1 Å². The van der Waals surface area contributed by atoms with Crippen LogP contribution in [-0.2, 0) is 14.3 Å². The van der Waals surface area contributed by atoms with Crippen molar-refractivity contribution in [3.05, 3.63) is 30.3 Å². The van der Waals surface area contributed by atoms with Gasteiger partial charge >= 0.3 is 11.9 Å². The fourth-order valence-corrected chi connectivity index (χ4v) is 1.33. The van der Waals surface area contributed by atoms with Gasteiger partial charge in [0.25, 0.3) is 0 Å². The molecule has 1 rings (SSSR count). The highest BCUT2D eigenvalue weighted by Gasteiger charge is 2.06. The highest BCUT2D eigenvalue weighted by atomic mass is 16.5. The van der Waals surface area contributed by atoms with Gasteiger partial charge in [-0.3, -0.25) is 9.79 Å². The Morgan fingerprint density at radius 2 is 1.84 bits per heavy atom. The molecule has 0 spiro atoms. The minimum atomic E-state index is -0.464. The SMILES string of the molecule is CCOC(=O)CC(C)=NCC(=O)Oc1ccccc1. The number of para-hydroxylation sites is 1. The van der Waals surface area contributed by atoms with Crippen LogP contribution in [0.3, 0.4) is 0 Å². The minimum absolute atomic E-state index is 0.0897. The number of ether oxygens (including phenoxy) is 2. The van der Waals surface area contributed by atoms with E-state index in [1.165, 1.54) is 0 Å². The number of benzene rings is 1. The standard InChI is InChI=1S/C14H17NO4/c1-3-18-13(16)9-11(2)15-10-14(17)19-12-7-5-4-6-8-12/h4-8H,3,9-10H2,1-2H3. The molecule has 0 amide bonds. The van der Waals surface area contributed by atoms with Crippen molar-refractivity contribution in [3.8, 4) is 5.75 Å². The van der Waals surface area contributed by atoms with Gasteiger partial charge in [-0.25, -0.2) is 4.79 Å². The van der Waals surface area contributed by atoms with Crippen LogP contribution in [0.1, 0.15) is 20.3 Å². The number of carbonyl (C=O) groups is 2. The fraction of sp³-hybridized carbons (Fsp3) is 0.357. The molecule has 0 radical (unpaired) electrons. The topological polar surface area (TPSA) is 65.0 Å². The molecule has 0 heterocycles. The Hall–Kier alpha value is -2.17. The van der Waals surface area contributed by atoms with E-state index in [2.05, 4.69) is 4.99 Å². The molecule has 0 N–H and O–H groups in total. The fourth-order valence-electron chi connectivity index (χ4n) is 1.33. The number of rotatable bonds is 6. The van der Waals surface area contributed by atoms with Crippen molar-refractivity contribution in [3.63, 3.8) is 0 Å². The molecule has 1 aromatic carbocycles. The van der Waals surface area contributed by atoms with Crippen molar-refractivity contribution in [2.75, 3.05) is 13.2 Å². The summed E-state index contributed by atoms with van der Waals surface area (Å²) < 4.78 is 9.83. The van der Waals surface area contributed by atoms with Gasteiger partial charge < -0.3 is 9.47 Å². The molecule has 0 atom stereocenters. The Balaban J connectivity index is 2.38. The number of hydrogen-bond donors (Lipinski definition) is 0. The zero-order valence-electron chi connectivity index (χ0n) is 11.1.